The van der Waals surface area contributed by atoms with Gasteiger partial charge in [-0.1, -0.05) is 42.5 Å². The number of benzene rings is 2. The van der Waals surface area contributed by atoms with Gasteiger partial charge in [0.15, 0.2) is 0 Å². The van der Waals surface area contributed by atoms with E-state index < -0.39 is 0 Å². The van der Waals surface area contributed by atoms with Gasteiger partial charge in [0.2, 0.25) is 0 Å². The fraction of sp³-hybridized carbons (Fsp3) is 0.300. The highest BCUT2D eigenvalue weighted by atomic mass is 16.5. The van der Waals surface area contributed by atoms with Crippen molar-refractivity contribution in [3.63, 3.8) is 0 Å². The number of para-hydroxylation sites is 1. The number of methoxy groups -OCH3 is 1. The number of hydrogen-bond donors (Lipinski definition) is 1. The Morgan fingerprint density at radius 1 is 1.04 bits per heavy atom. The Morgan fingerprint density at radius 2 is 1.71 bits per heavy atom. The maximum Gasteiger partial charge on any atom is 0.275 e. The van der Waals surface area contributed by atoms with Crippen LogP contribution in [0.25, 0.3) is 0 Å². The van der Waals surface area contributed by atoms with Crippen LogP contribution in [0.4, 0.5) is 0 Å². The molecule has 0 atom stereocenters. The second-order valence-electron chi connectivity index (χ2n) is 6.00. The first-order valence-electron chi connectivity index (χ1n) is 8.31. The summed E-state index contributed by atoms with van der Waals surface area (Å²) < 4.78 is 5.21. The average molecular weight is 322 g/mol. The molecule has 0 heterocycles. The van der Waals surface area contributed by atoms with Crippen molar-refractivity contribution in [1.29, 1.82) is 0 Å². The number of rotatable bonds is 4. The van der Waals surface area contributed by atoms with Gasteiger partial charge < -0.3 is 4.74 Å². The number of carbonyl (C=O) groups excluding carboxylic acids is 1. The van der Waals surface area contributed by atoms with Crippen LogP contribution in [0.2, 0.25) is 0 Å². The lowest BCUT2D eigenvalue weighted by molar-refractivity contribution is 0.0951. The Balaban J connectivity index is 1.58. The molecule has 0 unspecified atom stereocenters. The normalized spacial score (nSPS) is 17.2. The second-order valence-corrected chi connectivity index (χ2v) is 6.00. The molecule has 0 spiro atoms. The van der Waals surface area contributed by atoms with Gasteiger partial charge in [0.1, 0.15) is 5.75 Å². The summed E-state index contributed by atoms with van der Waals surface area (Å²) in [7, 11) is 1.56. The Morgan fingerprint density at radius 3 is 2.42 bits per heavy atom. The Hall–Kier alpha value is -2.62. The van der Waals surface area contributed by atoms with Gasteiger partial charge in [0.25, 0.3) is 5.91 Å². The highest BCUT2D eigenvalue weighted by Gasteiger charge is 2.19. The van der Waals surface area contributed by atoms with E-state index in [0.717, 1.165) is 31.4 Å². The van der Waals surface area contributed by atoms with Crippen LogP contribution < -0.4 is 10.2 Å². The summed E-state index contributed by atoms with van der Waals surface area (Å²) in [6.07, 6.45) is 4.00. The Bertz CT molecular complexity index is 715. The molecule has 1 aliphatic carbocycles. The first kappa shape index (κ1) is 16.2. The lowest BCUT2D eigenvalue weighted by Crippen LogP contribution is -2.22. The van der Waals surface area contributed by atoms with Crippen molar-refractivity contribution >= 4 is 11.6 Å². The van der Waals surface area contributed by atoms with E-state index >= 15 is 0 Å². The molecule has 1 saturated carbocycles. The maximum absolute atomic E-state index is 12.3. The summed E-state index contributed by atoms with van der Waals surface area (Å²) in [5, 5.41) is 4.32. The fourth-order valence-electron chi connectivity index (χ4n) is 3.14. The molecule has 1 N–H and O–H groups in total. The molecular formula is C20H22N2O2. The van der Waals surface area contributed by atoms with Crippen LogP contribution in [0.5, 0.6) is 5.75 Å². The van der Waals surface area contributed by atoms with Crippen molar-refractivity contribution in [2.75, 3.05) is 7.11 Å². The molecule has 1 fully saturated rings. The van der Waals surface area contributed by atoms with Crippen LogP contribution in [0.15, 0.2) is 59.7 Å². The zero-order valence-electron chi connectivity index (χ0n) is 13.9. The number of amides is 1. The average Bonchev–Trinajstić information content (AvgIpc) is 2.67. The predicted octanol–water partition coefficient (Wildman–Crippen LogP) is 4.14. The minimum Gasteiger partial charge on any atom is -0.496 e. The van der Waals surface area contributed by atoms with Crippen molar-refractivity contribution in [3.8, 4) is 5.75 Å². The highest BCUT2D eigenvalue weighted by Crippen LogP contribution is 2.31. The summed E-state index contributed by atoms with van der Waals surface area (Å²) >= 11 is 0. The second kappa shape index (κ2) is 7.77. The Kier molecular flexibility index (Phi) is 5.26. The fourth-order valence-corrected chi connectivity index (χ4v) is 3.14. The third-order valence-electron chi connectivity index (χ3n) is 4.50. The van der Waals surface area contributed by atoms with Gasteiger partial charge in [-0.25, -0.2) is 5.43 Å². The Labute approximate surface area is 142 Å². The topological polar surface area (TPSA) is 50.7 Å². The lowest BCUT2D eigenvalue weighted by atomic mass is 9.83. The summed E-state index contributed by atoms with van der Waals surface area (Å²) in [6.45, 7) is 0. The van der Waals surface area contributed by atoms with Crippen LogP contribution in [-0.4, -0.2) is 18.7 Å². The maximum atomic E-state index is 12.3. The van der Waals surface area contributed by atoms with Crippen molar-refractivity contribution in [2.45, 2.75) is 31.6 Å². The number of ether oxygens (including phenoxy) is 1. The smallest absolute Gasteiger partial charge is 0.275 e. The molecule has 124 valence electrons. The zero-order valence-corrected chi connectivity index (χ0v) is 13.9. The molecule has 24 heavy (non-hydrogen) atoms. The molecule has 0 bridgehead atoms. The van der Waals surface area contributed by atoms with Crippen LogP contribution in [0.3, 0.4) is 0 Å². The summed E-state index contributed by atoms with van der Waals surface area (Å²) in [5.41, 5.74) is 5.63. The van der Waals surface area contributed by atoms with Crippen LogP contribution in [0, 0.1) is 0 Å². The molecule has 3 rings (SSSR count). The molecule has 0 radical (unpaired) electrons. The molecule has 4 heteroatoms. The zero-order chi connectivity index (χ0) is 16.8. The first-order valence-corrected chi connectivity index (χ1v) is 8.31. The van der Waals surface area contributed by atoms with E-state index in [4.69, 9.17) is 4.74 Å². The van der Waals surface area contributed by atoms with Crippen molar-refractivity contribution in [2.24, 2.45) is 5.10 Å². The van der Waals surface area contributed by atoms with E-state index in [9.17, 15) is 4.79 Å². The molecule has 2 aromatic rings. The molecule has 2 aromatic carbocycles. The van der Waals surface area contributed by atoms with Crippen LogP contribution >= 0.6 is 0 Å². The highest BCUT2D eigenvalue weighted by molar-refractivity contribution is 5.97. The van der Waals surface area contributed by atoms with Gasteiger partial charge in [-0.05, 0) is 49.3 Å². The van der Waals surface area contributed by atoms with Gasteiger partial charge in [-0.15, -0.1) is 0 Å². The van der Waals surface area contributed by atoms with Gasteiger partial charge in [0, 0.05) is 5.71 Å². The summed E-state index contributed by atoms with van der Waals surface area (Å²) in [6, 6.07) is 17.8. The predicted molar refractivity (Wildman–Crippen MR) is 95.5 cm³/mol. The SMILES string of the molecule is COc1ccccc1C(=O)NN=C1CCC(c2ccccc2)CC1. The van der Waals surface area contributed by atoms with Gasteiger partial charge >= 0.3 is 0 Å². The summed E-state index contributed by atoms with van der Waals surface area (Å²) in [5.74, 6) is 0.920. The first-order chi connectivity index (χ1) is 11.8. The summed E-state index contributed by atoms with van der Waals surface area (Å²) in [4.78, 5) is 12.3. The van der Waals surface area contributed by atoms with Crippen LogP contribution in [0.1, 0.15) is 47.5 Å². The van der Waals surface area contributed by atoms with E-state index in [2.05, 4.69) is 34.8 Å². The lowest BCUT2D eigenvalue weighted by Gasteiger charge is -2.23. The van der Waals surface area contributed by atoms with Crippen LogP contribution in [-0.2, 0) is 0 Å². The van der Waals surface area contributed by atoms with Gasteiger partial charge in [-0.2, -0.15) is 5.10 Å². The number of hydrazone groups is 1. The van der Waals surface area contributed by atoms with E-state index in [1.54, 1.807) is 19.2 Å². The van der Waals surface area contributed by atoms with E-state index in [1.165, 1.54) is 5.56 Å². The van der Waals surface area contributed by atoms with E-state index in [1.807, 2.05) is 18.2 Å². The molecule has 4 nitrogen and oxygen atoms in total. The number of nitrogens with zero attached hydrogens (tertiary/aromatic N) is 1. The largest absolute Gasteiger partial charge is 0.496 e. The third-order valence-corrected chi connectivity index (χ3v) is 4.50. The molecular weight excluding hydrogens is 300 g/mol. The van der Waals surface area contributed by atoms with E-state index in [-0.39, 0.29) is 5.91 Å². The van der Waals surface area contributed by atoms with Gasteiger partial charge in [-0.3, -0.25) is 4.79 Å². The molecule has 0 saturated heterocycles. The van der Waals surface area contributed by atoms with Crippen molar-refractivity contribution in [3.05, 3.63) is 65.7 Å². The molecule has 0 aliphatic heterocycles. The number of carbonyl (C=O) groups is 1. The van der Waals surface area contributed by atoms with Crippen molar-refractivity contribution < 1.29 is 9.53 Å². The minimum atomic E-state index is -0.231. The molecule has 1 amide bonds. The van der Waals surface area contributed by atoms with E-state index in [0.29, 0.717) is 17.2 Å². The van der Waals surface area contributed by atoms with Crippen molar-refractivity contribution in [1.82, 2.24) is 5.43 Å². The quantitative estimate of drug-likeness (QED) is 0.860. The number of nitrogens with one attached hydrogen (secondary N) is 1. The third kappa shape index (κ3) is 3.82. The number of hydrogen-bond acceptors (Lipinski definition) is 3. The molecule has 1 aliphatic rings. The standard InChI is InChI=1S/C20H22N2O2/c1-24-19-10-6-5-9-18(19)20(23)22-21-17-13-11-16(12-14-17)15-7-3-2-4-8-15/h2-10,16H,11-14H2,1H3,(H,22,23). The van der Waals surface area contributed by atoms with Gasteiger partial charge in [0.05, 0.1) is 12.7 Å². The monoisotopic (exact) mass is 322 g/mol. The molecule has 0 aromatic heterocycles. The minimum absolute atomic E-state index is 0.231.